The fourth-order valence-electron chi connectivity index (χ4n) is 5.67. The topological polar surface area (TPSA) is 93.3 Å². The van der Waals surface area contributed by atoms with Crippen LogP contribution in [0, 0.1) is 17.0 Å². The van der Waals surface area contributed by atoms with Gasteiger partial charge in [0.1, 0.15) is 30.3 Å². The van der Waals surface area contributed by atoms with Crippen LogP contribution in [0.1, 0.15) is 30.4 Å². The van der Waals surface area contributed by atoms with Gasteiger partial charge in [-0.15, -0.1) is 5.10 Å². The normalized spacial score (nSPS) is 24.6. The number of alkyl halides is 4. The van der Waals surface area contributed by atoms with E-state index >= 15 is 8.78 Å². The van der Waals surface area contributed by atoms with E-state index in [1.807, 2.05) is 0 Å². The number of aliphatic hydroxyl groups is 2. The lowest BCUT2D eigenvalue weighted by Crippen LogP contribution is -2.76. The van der Waals surface area contributed by atoms with Gasteiger partial charge in [0.2, 0.25) is 0 Å². The third-order valence-corrected chi connectivity index (χ3v) is 7.52. The van der Waals surface area contributed by atoms with Crippen molar-refractivity contribution in [3.63, 3.8) is 0 Å². The summed E-state index contributed by atoms with van der Waals surface area (Å²) in [5.41, 5.74) is -5.43. The Balaban J connectivity index is 1.37. The zero-order valence-electron chi connectivity index (χ0n) is 19.2. The summed E-state index contributed by atoms with van der Waals surface area (Å²) in [6, 6.07) is 8.10. The molecular weight excluding hydrogens is 506 g/mol. The highest BCUT2D eigenvalue weighted by Crippen LogP contribution is 2.80. The molecule has 3 aromatic rings. The summed E-state index contributed by atoms with van der Waals surface area (Å²) in [4.78, 5) is 0. The predicted molar refractivity (Wildman–Crippen MR) is 115 cm³/mol. The second-order valence-electron chi connectivity index (χ2n) is 9.98. The van der Waals surface area contributed by atoms with Crippen LogP contribution in [0.4, 0.5) is 26.3 Å². The number of tetrazole rings is 1. The molecule has 0 aliphatic heterocycles. The highest BCUT2D eigenvalue weighted by Gasteiger charge is 2.82. The Morgan fingerprint density at radius 3 is 2.24 bits per heavy atom. The summed E-state index contributed by atoms with van der Waals surface area (Å²) in [5, 5.41) is 30.3. The molecule has 7 nitrogen and oxygen atoms in total. The average molecular weight is 528 g/mol. The lowest BCUT2D eigenvalue weighted by atomic mass is 9.30. The Morgan fingerprint density at radius 1 is 1.00 bits per heavy atom. The molecule has 37 heavy (non-hydrogen) atoms. The smallest absolute Gasteiger partial charge is 0.303 e. The van der Waals surface area contributed by atoms with E-state index in [9.17, 15) is 22.7 Å². The van der Waals surface area contributed by atoms with Crippen molar-refractivity contribution in [1.82, 2.24) is 20.2 Å². The minimum Gasteiger partial charge on any atom is -0.487 e. The van der Waals surface area contributed by atoms with Crippen LogP contribution in [0.25, 0.3) is 0 Å². The van der Waals surface area contributed by atoms with Gasteiger partial charge in [-0.25, -0.2) is 31.0 Å². The molecule has 2 N–H and O–H groups in total. The third-order valence-electron chi connectivity index (χ3n) is 7.52. The molecule has 0 amide bonds. The molecule has 2 aromatic carbocycles. The summed E-state index contributed by atoms with van der Waals surface area (Å²) in [6.07, 6.45) is 0.954. The molecule has 6 rings (SSSR count). The molecule has 1 heterocycles. The Morgan fingerprint density at radius 2 is 1.68 bits per heavy atom. The van der Waals surface area contributed by atoms with Crippen LogP contribution in [0.5, 0.6) is 5.75 Å². The van der Waals surface area contributed by atoms with E-state index in [1.54, 1.807) is 12.1 Å². The van der Waals surface area contributed by atoms with E-state index in [0.717, 1.165) is 23.1 Å². The minimum absolute atomic E-state index is 0.0173. The Labute approximate surface area is 206 Å². The van der Waals surface area contributed by atoms with Crippen LogP contribution >= 0.6 is 0 Å². The lowest BCUT2D eigenvalue weighted by molar-refractivity contribution is -0.347. The van der Waals surface area contributed by atoms with Crippen molar-refractivity contribution in [2.75, 3.05) is 13.2 Å². The van der Waals surface area contributed by atoms with Crippen molar-refractivity contribution >= 4 is 0 Å². The first-order valence-electron chi connectivity index (χ1n) is 11.3. The van der Waals surface area contributed by atoms with Crippen LogP contribution in [0.2, 0.25) is 0 Å². The second kappa shape index (κ2) is 8.42. The van der Waals surface area contributed by atoms with Gasteiger partial charge in [-0.3, -0.25) is 0 Å². The van der Waals surface area contributed by atoms with Gasteiger partial charge in [0.05, 0.1) is 6.54 Å². The first kappa shape index (κ1) is 25.5. The number of aromatic nitrogens is 4. The number of nitrogens with zero attached hydrogens (tertiary/aromatic N) is 4. The number of ether oxygens (including phenoxy) is 1. The van der Waals surface area contributed by atoms with Crippen LogP contribution < -0.4 is 4.74 Å². The van der Waals surface area contributed by atoms with Gasteiger partial charge < -0.3 is 14.9 Å². The summed E-state index contributed by atoms with van der Waals surface area (Å²) in [6.45, 7) is -3.23. The molecule has 3 saturated carbocycles. The van der Waals surface area contributed by atoms with Crippen molar-refractivity contribution in [3.05, 3.63) is 71.6 Å². The van der Waals surface area contributed by atoms with E-state index in [1.165, 1.54) is 12.1 Å². The number of halogens is 6. The first-order valence-corrected chi connectivity index (χ1v) is 11.3. The summed E-state index contributed by atoms with van der Waals surface area (Å²) in [7, 11) is 0. The first-order chi connectivity index (χ1) is 17.4. The van der Waals surface area contributed by atoms with Gasteiger partial charge in [-0.1, -0.05) is 12.1 Å². The Bertz CT molecular complexity index is 1270. The highest BCUT2D eigenvalue weighted by molar-refractivity contribution is 5.44. The second-order valence-corrected chi connectivity index (χ2v) is 9.98. The monoisotopic (exact) mass is 528 g/mol. The van der Waals surface area contributed by atoms with Crippen molar-refractivity contribution < 1.29 is 41.3 Å². The maximum atomic E-state index is 16.2. The summed E-state index contributed by atoms with van der Waals surface area (Å²) < 4.78 is 92.8. The van der Waals surface area contributed by atoms with E-state index < -0.39 is 65.2 Å². The fourth-order valence-corrected chi connectivity index (χ4v) is 5.67. The molecule has 198 valence electrons. The zero-order valence-corrected chi connectivity index (χ0v) is 19.2. The molecule has 0 unspecified atom stereocenters. The van der Waals surface area contributed by atoms with Gasteiger partial charge in [0.15, 0.2) is 12.2 Å². The van der Waals surface area contributed by atoms with Crippen LogP contribution in [-0.4, -0.2) is 55.5 Å². The number of rotatable bonds is 10. The molecule has 0 radical (unpaired) electrons. The number of hydrogen-bond donors (Lipinski definition) is 2. The zero-order chi connectivity index (χ0) is 26.7. The number of hydrogen-bond acceptors (Lipinski definition) is 6. The van der Waals surface area contributed by atoms with Crippen LogP contribution in [0.3, 0.4) is 0 Å². The van der Waals surface area contributed by atoms with Gasteiger partial charge >= 0.3 is 5.92 Å². The van der Waals surface area contributed by atoms with Gasteiger partial charge in [0, 0.05) is 17.0 Å². The van der Waals surface area contributed by atoms with Gasteiger partial charge in [0.25, 0.3) is 5.92 Å². The number of benzene rings is 2. The maximum Gasteiger partial charge on any atom is 0.303 e. The van der Waals surface area contributed by atoms with Crippen LogP contribution in [-0.2, 0) is 17.6 Å². The van der Waals surface area contributed by atoms with E-state index in [2.05, 4.69) is 15.5 Å². The van der Waals surface area contributed by atoms with Gasteiger partial charge in [-0.2, -0.15) is 0 Å². The Hall–Kier alpha value is -3.19. The minimum atomic E-state index is -3.86. The van der Waals surface area contributed by atoms with Crippen molar-refractivity contribution in [2.24, 2.45) is 5.41 Å². The van der Waals surface area contributed by atoms with Crippen molar-refractivity contribution in [3.8, 4) is 5.75 Å². The third kappa shape index (κ3) is 3.95. The number of aliphatic hydroxyl groups excluding tert-OH is 1. The molecule has 3 fully saturated rings. The molecule has 2 bridgehead atoms. The average Bonchev–Trinajstić information content (AvgIpc) is 3.29. The molecule has 13 heteroatoms. The van der Waals surface area contributed by atoms with E-state index in [4.69, 9.17) is 9.84 Å². The van der Waals surface area contributed by atoms with E-state index in [0.29, 0.717) is 11.6 Å². The van der Waals surface area contributed by atoms with E-state index in [-0.39, 0.29) is 25.0 Å². The Kier molecular flexibility index (Phi) is 5.79. The molecule has 0 saturated heterocycles. The maximum absolute atomic E-state index is 16.2. The molecule has 1 atom stereocenters. The van der Waals surface area contributed by atoms with Crippen molar-refractivity contribution in [1.29, 1.82) is 0 Å². The summed E-state index contributed by atoms with van der Waals surface area (Å²) >= 11 is 0. The van der Waals surface area contributed by atoms with Crippen LogP contribution in [0.15, 0.2) is 48.8 Å². The van der Waals surface area contributed by atoms with Crippen molar-refractivity contribution in [2.45, 2.75) is 48.7 Å². The SMILES string of the molecule is OCC(F)(F)COc1ccc(C23CC(C(F)(F)[C@@](O)(Cn4cnnn4)c4ccc(F)cc4F)(C2)C3)cc1. The molecule has 0 spiro atoms. The molecule has 3 aliphatic rings. The largest absolute Gasteiger partial charge is 0.487 e. The van der Waals surface area contributed by atoms with Gasteiger partial charge in [-0.05, 0) is 64.9 Å². The standard InChI is InChI=1S/C24H22F6N4O3/c25-16-3-6-18(19(26)7-16)23(36,11-34-14-31-32-33-34)24(29,30)21-8-20(9-21,10-21)15-1-4-17(5-2-15)37-13-22(27,28)12-35/h1-7,14,35-36H,8-13H2/t20?,21?,23-/m1/s1. The summed E-state index contributed by atoms with van der Waals surface area (Å²) in [5.74, 6) is -9.42. The highest BCUT2D eigenvalue weighted by atomic mass is 19.3. The quantitative estimate of drug-likeness (QED) is 0.391. The molecular formula is C24H22F6N4O3. The molecule has 3 aliphatic carbocycles. The predicted octanol–water partition coefficient (Wildman–Crippen LogP) is 3.60. The fraction of sp³-hybridized carbons (Fsp3) is 0.458. The lowest BCUT2D eigenvalue weighted by Gasteiger charge is -2.74. The molecule has 1 aromatic heterocycles.